The first-order chi connectivity index (χ1) is 10.2. The number of amides is 1. The third-order valence-corrected chi connectivity index (χ3v) is 3.69. The van der Waals surface area contributed by atoms with Gasteiger partial charge in [0.25, 0.3) is 5.91 Å². The second kappa shape index (κ2) is 6.03. The fourth-order valence-corrected chi connectivity index (χ4v) is 2.59. The molecular weight excluding hydrogens is 274 g/mol. The maximum Gasteiger partial charge on any atom is 0.309 e. The number of nitrogens with one attached hydrogen (secondary N) is 1. The van der Waals surface area contributed by atoms with Crippen molar-refractivity contribution in [3.8, 4) is 11.5 Å². The summed E-state index contributed by atoms with van der Waals surface area (Å²) in [6.07, 6.45) is 3.84. The van der Waals surface area contributed by atoms with Gasteiger partial charge in [-0.2, -0.15) is 0 Å². The number of esters is 1. The van der Waals surface area contributed by atoms with Crippen molar-refractivity contribution in [1.29, 1.82) is 0 Å². The van der Waals surface area contributed by atoms with E-state index < -0.39 is 0 Å². The van der Waals surface area contributed by atoms with Gasteiger partial charge in [0.05, 0.1) is 5.92 Å². The van der Waals surface area contributed by atoms with E-state index in [9.17, 15) is 9.59 Å². The first-order valence-electron chi connectivity index (χ1n) is 7.08. The van der Waals surface area contributed by atoms with E-state index in [1.807, 2.05) is 0 Å². The fraction of sp³-hybridized carbons (Fsp3) is 0.467. The van der Waals surface area contributed by atoms with Crippen LogP contribution in [0.5, 0.6) is 11.5 Å². The Morgan fingerprint density at radius 1 is 1.19 bits per heavy atom. The van der Waals surface area contributed by atoms with Gasteiger partial charge in [0.2, 0.25) is 6.79 Å². The SMILES string of the molecule is O=C(COC(=O)C1CCCC1)Nc1ccc2c(c1)OCO2. The van der Waals surface area contributed by atoms with E-state index in [4.69, 9.17) is 14.2 Å². The Kier molecular flexibility index (Phi) is 3.94. The topological polar surface area (TPSA) is 73.9 Å². The smallest absolute Gasteiger partial charge is 0.309 e. The maximum absolute atomic E-state index is 11.8. The van der Waals surface area contributed by atoms with Crippen LogP contribution in [-0.4, -0.2) is 25.3 Å². The molecule has 0 radical (unpaired) electrons. The molecule has 0 unspecified atom stereocenters. The summed E-state index contributed by atoms with van der Waals surface area (Å²) in [5, 5.41) is 2.67. The van der Waals surface area contributed by atoms with Gasteiger partial charge in [0.15, 0.2) is 18.1 Å². The van der Waals surface area contributed by atoms with Crippen molar-refractivity contribution >= 4 is 17.6 Å². The molecule has 6 heteroatoms. The highest BCUT2D eigenvalue weighted by Gasteiger charge is 2.24. The van der Waals surface area contributed by atoms with Crippen LogP contribution in [0.1, 0.15) is 25.7 Å². The highest BCUT2D eigenvalue weighted by Crippen LogP contribution is 2.34. The molecule has 6 nitrogen and oxygen atoms in total. The molecule has 1 fully saturated rings. The number of hydrogen-bond acceptors (Lipinski definition) is 5. The number of hydrogen-bond donors (Lipinski definition) is 1. The normalized spacial score (nSPS) is 16.8. The summed E-state index contributed by atoms with van der Waals surface area (Å²) in [5.41, 5.74) is 0.584. The summed E-state index contributed by atoms with van der Waals surface area (Å²) in [7, 11) is 0. The molecule has 1 heterocycles. The van der Waals surface area contributed by atoms with Gasteiger partial charge in [0, 0.05) is 11.8 Å². The zero-order valence-corrected chi connectivity index (χ0v) is 11.6. The number of carbonyl (C=O) groups is 2. The minimum absolute atomic E-state index is 0.0386. The van der Waals surface area contributed by atoms with E-state index >= 15 is 0 Å². The molecule has 1 aliphatic carbocycles. The molecule has 2 aliphatic rings. The molecule has 3 rings (SSSR count). The number of carbonyl (C=O) groups excluding carboxylic acids is 2. The van der Waals surface area contributed by atoms with E-state index in [0.717, 1.165) is 25.7 Å². The van der Waals surface area contributed by atoms with Gasteiger partial charge in [-0.15, -0.1) is 0 Å². The minimum Gasteiger partial charge on any atom is -0.455 e. The van der Waals surface area contributed by atoms with Crippen LogP contribution in [0.3, 0.4) is 0 Å². The summed E-state index contributed by atoms with van der Waals surface area (Å²) in [6, 6.07) is 5.12. The van der Waals surface area contributed by atoms with E-state index in [2.05, 4.69) is 5.32 Å². The highest BCUT2D eigenvalue weighted by molar-refractivity contribution is 5.93. The second-order valence-corrected chi connectivity index (χ2v) is 5.21. The minimum atomic E-state index is -0.361. The van der Waals surface area contributed by atoms with Crippen LogP contribution in [0.15, 0.2) is 18.2 Å². The Morgan fingerprint density at radius 2 is 1.95 bits per heavy atom. The van der Waals surface area contributed by atoms with Crippen molar-refractivity contribution in [2.24, 2.45) is 5.92 Å². The lowest BCUT2D eigenvalue weighted by Crippen LogP contribution is -2.23. The summed E-state index contributed by atoms with van der Waals surface area (Å²) in [4.78, 5) is 23.5. The summed E-state index contributed by atoms with van der Waals surface area (Å²) >= 11 is 0. The molecule has 0 aromatic heterocycles. The predicted octanol–water partition coefficient (Wildman–Crippen LogP) is 2.09. The molecule has 0 atom stereocenters. The Hall–Kier alpha value is -2.24. The summed E-state index contributed by atoms with van der Waals surface area (Å²) in [6.45, 7) is -0.0739. The van der Waals surface area contributed by atoms with E-state index in [1.165, 1.54) is 0 Å². The van der Waals surface area contributed by atoms with Crippen LogP contribution in [-0.2, 0) is 14.3 Å². The molecule has 0 bridgehead atoms. The van der Waals surface area contributed by atoms with Gasteiger partial charge in [-0.25, -0.2) is 0 Å². The largest absolute Gasteiger partial charge is 0.455 e. The molecule has 0 saturated heterocycles. The summed E-state index contributed by atoms with van der Waals surface area (Å²) < 4.78 is 15.5. The standard InChI is InChI=1S/C15H17NO5/c17-14(8-19-15(18)10-3-1-2-4-10)16-11-5-6-12-13(7-11)21-9-20-12/h5-7,10H,1-4,8-9H2,(H,16,17). The van der Waals surface area contributed by atoms with E-state index in [0.29, 0.717) is 17.2 Å². The quantitative estimate of drug-likeness (QED) is 0.860. The Morgan fingerprint density at radius 3 is 2.76 bits per heavy atom. The van der Waals surface area contributed by atoms with Gasteiger partial charge >= 0.3 is 5.97 Å². The third-order valence-electron chi connectivity index (χ3n) is 3.69. The molecule has 1 N–H and O–H groups in total. The van der Waals surface area contributed by atoms with Crippen molar-refractivity contribution in [2.45, 2.75) is 25.7 Å². The van der Waals surface area contributed by atoms with Gasteiger partial charge < -0.3 is 19.5 Å². The number of rotatable bonds is 4. The van der Waals surface area contributed by atoms with Crippen molar-refractivity contribution in [3.05, 3.63) is 18.2 Å². The van der Waals surface area contributed by atoms with Crippen LogP contribution in [0, 0.1) is 5.92 Å². The number of ether oxygens (including phenoxy) is 3. The monoisotopic (exact) mass is 291 g/mol. The van der Waals surface area contributed by atoms with Gasteiger partial charge in [-0.1, -0.05) is 12.8 Å². The molecule has 1 aliphatic heterocycles. The van der Waals surface area contributed by atoms with Crippen LogP contribution < -0.4 is 14.8 Å². The Bertz CT molecular complexity index is 551. The molecule has 0 spiro atoms. The average Bonchev–Trinajstić information content (AvgIpc) is 3.15. The highest BCUT2D eigenvalue weighted by atomic mass is 16.7. The zero-order valence-electron chi connectivity index (χ0n) is 11.6. The van der Waals surface area contributed by atoms with E-state index in [-0.39, 0.29) is 31.2 Å². The third kappa shape index (κ3) is 3.26. The van der Waals surface area contributed by atoms with Gasteiger partial charge in [0.1, 0.15) is 0 Å². The predicted molar refractivity (Wildman–Crippen MR) is 74.1 cm³/mol. The van der Waals surface area contributed by atoms with E-state index in [1.54, 1.807) is 18.2 Å². The molecule has 1 amide bonds. The maximum atomic E-state index is 11.8. The van der Waals surface area contributed by atoms with Crippen molar-refractivity contribution < 1.29 is 23.8 Å². The first-order valence-corrected chi connectivity index (χ1v) is 7.08. The molecule has 1 aromatic carbocycles. The molecule has 112 valence electrons. The van der Waals surface area contributed by atoms with Crippen LogP contribution in [0.2, 0.25) is 0 Å². The average molecular weight is 291 g/mol. The zero-order chi connectivity index (χ0) is 14.7. The molecule has 1 saturated carbocycles. The molecule has 1 aromatic rings. The molecular formula is C15H17NO5. The number of anilines is 1. The Balaban J connectivity index is 1.48. The van der Waals surface area contributed by atoms with Gasteiger partial charge in [-0.3, -0.25) is 9.59 Å². The first kappa shape index (κ1) is 13.7. The second-order valence-electron chi connectivity index (χ2n) is 5.21. The lowest BCUT2D eigenvalue weighted by atomic mass is 10.1. The summed E-state index contributed by atoms with van der Waals surface area (Å²) in [5.74, 6) is 0.577. The lowest BCUT2D eigenvalue weighted by Gasteiger charge is -2.10. The Labute approximate surface area is 122 Å². The van der Waals surface area contributed by atoms with Crippen LogP contribution >= 0.6 is 0 Å². The van der Waals surface area contributed by atoms with Crippen molar-refractivity contribution in [3.63, 3.8) is 0 Å². The van der Waals surface area contributed by atoms with Crippen molar-refractivity contribution in [1.82, 2.24) is 0 Å². The lowest BCUT2D eigenvalue weighted by molar-refractivity contribution is -0.151. The molecule has 21 heavy (non-hydrogen) atoms. The fourth-order valence-electron chi connectivity index (χ4n) is 2.59. The van der Waals surface area contributed by atoms with Crippen molar-refractivity contribution in [2.75, 3.05) is 18.7 Å². The van der Waals surface area contributed by atoms with Gasteiger partial charge in [-0.05, 0) is 25.0 Å². The number of fused-ring (bicyclic) bond motifs is 1. The number of benzene rings is 1. The van der Waals surface area contributed by atoms with Crippen LogP contribution in [0.25, 0.3) is 0 Å². The van der Waals surface area contributed by atoms with Crippen LogP contribution in [0.4, 0.5) is 5.69 Å².